The molecule has 0 unspecified atom stereocenters. The second-order valence-electron chi connectivity index (χ2n) is 12.8. The Morgan fingerprint density at radius 3 is 2.50 bits per heavy atom. The van der Waals surface area contributed by atoms with Crippen LogP contribution in [-0.2, 0) is 9.59 Å². The summed E-state index contributed by atoms with van der Waals surface area (Å²) in [6, 6.07) is 17.3. The Kier molecular flexibility index (Phi) is 9.57. The molecule has 4 atom stereocenters. The molecule has 0 radical (unpaired) electrons. The van der Waals surface area contributed by atoms with Gasteiger partial charge in [0.25, 0.3) is 0 Å². The Bertz CT molecular complexity index is 1470. The molecule has 3 aliphatic rings. The predicted octanol–water partition coefficient (Wildman–Crippen LogP) is 6.50. The molecule has 44 heavy (non-hydrogen) atoms. The molecule has 1 N–H and O–H groups in total. The molecule has 3 heterocycles. The van der Waals surface area contributed by atoms with Gasteiger partial charge in [0.15, 0.2) is 0 Å². The van der Waals surface area contributed by atoms with Gasteiger partial charge in [0.05, 0.1) is 6.04 Å². The third-order valence-electron chi connectivity index (χ3n) is 9.99. The maximum Gasteiger partial charge on any atom is 0.246 e. The Labute approximate surface area is 265 Å². The number of hydrogen-bond acceptors (Lipinski definition) is 6. The van der Waals surface area contributed by atoms with Gasteiger partial charge in [-0.1, -0.05) is 81.6 Å². The normalized spacial score (nSPS) is 22.3. The number of hydrogen-bond donors (Lipinski definition) is 1. The highest BCUT2D eigenvalue weighted by Gasteiger charge is 2.44. The van der Waals surface area contributed by atoms with Crippen molar-refractivity contribution in [2.24, 2.45) is 11.8 Å². The lowest BCUT2D eigenvalue weighted by Crippen LogP contribution is -2.60. The molecular formula is C36H44N4O3S. The van der Waals surface area contributed by atoms with E-state index < -0.39 is 6.04 Å². The van der Waals surface area contributed by atoms with Crippen molar-refractivity contribution < 1.29 is 14.4 Å². The predicted molar refractivity (Wildman–Crippen MR) is 174 cm³/mol. The molecule has 8 heteroatoms. The topological polar surface area (TPSA) is 82.6 Å². The highest BCUT2D eigenvalue weighted by Crippen LogP contribution is 2.37. The Hall–Kier alpha value is -3.36. The standard InChI is InChI=1S/C36H44N4O3S/c1-3-24(2)34(42)38-32(26-14-8-5-9-15-26)36(43)40-21-29-18-11-19-39(29)22-31(40)35-37-30(23-44-35)33(41)28-17-10-16-27(20-28)25-12-6-4-7-13-25/h4,6-7,10,12-13,16-17,20,23-24,26,29,31-32H,3,5,8-9,11,14-15,18-19,21-22H2,1-2H3,(H,38,42)/t24-,29-,31+,32+/m1/s1. The van der Waals surface area contributed by atoms with Crippen LogP contribution in [-0.4, -0.2) is 64.1 Å². The van der Waals surface area contributed by atoms with E-state index in [1.807, 2.05) is 78.7 Å². The van der Waals surface area contributed by atoms with Gasteiger partial charge in [0.1, 0.15) is 16.7 Å². The highest BCUT2D eigenvalue weighted by molar-refractivity contribution is 7.10. The maximum atomic E-state index is 14.6. The van der Waals surface area contributed by atoms with Gasteiger partial charge in [-0.15, -0.1) is 11.3 Å². The third kappa shape index (κ3) is 6.52. The van der Waals surface area contributed by atoms with Crippen LogP contribution in [0.2, 0.25) is 0 Å². The fraction of sp³-hybridized carbons (Fsp3) is 0.500. The van der Waals surface area contributed by atoms with Crippen molar-refractivity contribution in [2.75, 3.05) is 19.6 Å². The Balaban J connectivity index is 1.27. The lowest BCUT2D eigenvalue weighted by molar-refractivity contribution is -0.144. The third-order valence-corrected chi connectivity index (χ3v) is 10.9. The number of aromatic nitrogens is 1. The number of thiazole rings is 1. The summed E-state index contributed by atoms with van der Waals surface area (Å²) in [6.07, 6.45) is 8.23. The average Bonchev–Trinajstić information content (AvgIpc) is 3.76. The number of ketones is 1. The van der Waals surface area contributed by atoms with Crippen LogP contribution in [0.1, 0.15) is 92.3 Å². The van der Waals surface area contributed by atoms with E-state index in [4.69, 9.17) is 4.98 Å². The summed E-state index contributed by atoms with van der Waals surface area (Å²) in [5.41, 5.74) is 3.07. The van der Waals surface area contributed by atoms with E-state index in [-0.39, 0.29) is 35.5 Å². The molecule has 0 spiro atoms. The van der Waals surface area contributed by atoms with Crippen LogP contribution in [0.3, 0.4) is 0 Å². The SMILES string of the molecule is CC[C@@H](C)C(=O)N[C@H](C(=O)N1C[C@H]2CCCN2C[C@H]1c1nc(C(=O)c2cccc(-c3ccccc3)c2)cs1)C1CCCCC1. The number of carbonyl (C=O) groups is 3. The molecule has 2 aromatic carbocycles. The van der Waals surface area contributed by atoms with Gasteiger partial charge in [0, 0.05) is 36.0 Å². The molecule has 7 nitrogen and oxygen atoms in total. The summed E-state index contributed by atoms with van der Waals surface area (Å²) >= 11 is 1.46. The van der Waals surface area contributed by atoms with Gasteiger partial charge in [-0.25, -0.2) is 4.98 Å². The summed E-state index contributed by atoms with van der Waals surface area (Å²) < 4.78 is 0. The summed E-state index contributed by atoms with van der Waals surface area (Å²) in [7, 11) is 0. The fourth-order valence-electron chi connectivity index (χ4n) is 7.14. The van der Waals surface area contributed by atoms with Crippen molar-refractivity contribution >= 4 is 28.9 Å². The zero-order valence-corrected chi connectivity index (χ0v) is 26.7. The van der Waals surface area contributed by atoms with Gasteiger partial charge in [0.2, 0.25) is 17.6 Å². The number of piperazine rings is 1. The Morgan fingerprint density at radius 2 is 1.73 bits per heavy atom. The molecule has 1 saturated carbocycles. The molecule has 1 aromatic heterocycles. The summed E-state index contributed by atoms with van der Waals surface area (Å²) in [4.78, 5) is 50.7. The molecule has 2 amide bonds. The first-order valence-electron chi connectivity index (χ1n) is 16.4. The first kappa shape index (κ1) is 30.7. The maximum absolute atomic E-state index is 14.6. The Morgan fingerprint density at radius 1 is 0.955 bits per heavy atom. The minimum atomic E-state index is -0.519. The fourth-order valence-corrected chi connectivity index (χ4v) is 8.05. The average molecular weight is 613 g/mol. The second-order valence-corrected chi connectivity index (χ2v) is 13.7. The minimum absolute atomic E-state index is 0.0174. The van der Waals surface area contributed by atoms with E-state index in [2.05, 4.69) is 10.2 Å². The smallest absolute Gasteiger partial charge is 0.246 e. The number of nitrogens with one attached hydrogen (secondary N) is 1. The van der Waals surface area contributed by atoms with Crippen molar-refractivity contribution in [2.45, 2.75) is 83.3 Å². The van der Waals surface area contributed by atoms with Crippen LogP contribution in [0.5, 0.6) is 0 Å². The number of fused-ring (bicyclic) bond motifs is 1. The van der Waals surface area contributed by atoms with Crippen LogP contribution in [0.15, 0.2) is 60.0 Å². The lowest BCUT2D eigenvalue weighted by Gasteiger charge is -2.45. The van der Waals surface area contributed by atoms with Gasteiger partial charge in [-0.05, 0) is 61.8 Å². The second kappa shape index (κ2) is 13.7. The molecule has 2 saturated heterocycles. The quantitative estimate of drug-likeness (QED) is 0.279. The number of amides is 2. The van der Waals surface area contributed by atoms with Crippen LogP contribution in [0.4, 0.5) is 0 Å². The van der Waals surface area contributed by atoms with E-state index in [0.29, 0.717) is 30.4 Å². The van der Waals surface area contributed by atoms with Crippen molar-refractivity contribution in [1.29, 1.82) is 0 Å². The summed E-state index contributed by atoms with van der Waals surface area (Å²) in [5, 5.41) is 5.85. The molecule has 1 aliphatic carbocycles. The lowest BCUT2D eigenvalue weighted by atomic mass is 9.82. The zero-order chi connectivity index (χ0) is 30.6. The number of rotatable bonds is 9. The van der Waals surface area contributed by atoms with Crippen LogP contribution in [0.25, 0.3) is 11.1 Å². The van der Waals surface area contributed by atoms with Crippen LogP contribution in [0, 0.1) is 11.8 Å². The van der Waals surface area contributed by atoms with Crippen molar-refractivity contribution in [3.63, 3.8) is 0 Å². The van der Waals surface area contributed by atoms with Crippen molar-refractivity contribution in [3.8, 4) is 11.1 Å². The highest BCUT2D eigenvalue weighted by atomic mass is 32.1. The molecule has 232 valence electrons. The van der Waals surface area contributed by atoms with E-state index in [9.17, 15) is 14.4 Å². The largest absolute Gasteiger partial charge is 0.344 e. The van der Waals surface area contributed by atoms with Gasteiger partial charge < -0.3 is 10.2 Å². The van der Waals surface area contributed by atoms with Gasteiger partial charge >= 0.3 is 0 Å². The number of carbonyl (C=O) groups excluding carboxylic acids is 3. The molecule has 0 bridgehead atoms. The first-order valence-corrected chi connectivity index (χ1v) is 17.3. The van der Waals surface area contributed by atoms with Crippen molar-refractivity contribution in [3.05, 3.63) is 76.2 Å². The molecule has 6 rings (SSSR count). The molecule has 3 aromatic rings. The van der Waals surface area contributed by atoms with Crippen LogP contribution >= 0.6 is 11.3 Å². The molecule has 3 fully saturated rings. The molecule has 2 aliphatic heterocycles. The van der Waals surface area contributed by atoms with Crippen molar-refractivity contribution in [1.82, 2.24) is 20.1 Å². The summed E-state index contributed by atoms with van der Waals surface area (Å²) in [6.45, 7) is 6.30. The van der Waals surface area contributed by atoms with E-state index >= 15 is 0 Å². The van der Waals surface area contributed by atoms with E-state index in [1.54, 1.807) is 0 Å². The van der Waals surface area contributed by atoms with Gasteiger partial charge in [-0.3, -0.25) is 19.3 Å². The monoisotopic (exact) mass is 612 g/mol. The summed E-state index contributed by atoms with van der Waals surface area (Å²) in [5.74, 6) is -0.115. The van der Waals surface area contributed by atoms with Crippen LogP contribution < -0.4 is 5.32 Å². The molecular weight excluding hydrogens is 568 g/mol. The zero-order valence-electron chi connectivity index (χ0n) is 25.9. The van der Waals surface area contributed by atoms with E-state index in [0.717, 1.165) is 67.6 Å². The number of nitrogens with zero attached hydrogens (tertiary/aromatic N) is 3. The minimum Gasteiger partial charge on any atom is -0.344 e. The van der Waals surface area contributed by atoms with Gasteiger partial charge in [-0.2, -0.15) is 0 Å². The van der Waals surface area contributed by atoms with E-state index in [1.165, 1.54) is 17.8 Å². The first-order chi connectivity index (χ1) is 21.4. The number of benzene rings is 2.